The van der Waals surface area contributed by atoms with Crippen LogP contribution in [0.3, 0.4) is 0 Å². The van der Waals surface area contributed by atoms with Gasteiger partial charge in [-0.1, -0.05) is 23.5 Å². The van der Waals surface area contributed by atoms with E-state index in [0.29, 0.717) is 15.7 Å². The number of carbonyl (C=O) groups is 1. The molecule has 1 fully saturated rings. The Bertz CT molecular complexity index is 1040. The Morgan fingerprint density at radius 2 is 2.13 bits per heavy atom. The number of nitrogens with zero attached hydrogens (tertiary/aromatic N) is 5. The Morgan fingerprint density at radius 3 is 2.87 bits per heavy atom. The monoisotopic (exact) mass is 442 g/mol. The number of benzene rings is 1. The van der Waals surface area contributed by atoms with E-state index in [-0.39, 0.29) is 24.1 Å². The van der Waals surface area contributed by atoms with Crippen molar-refractivity contribution in [3.8, 4) is 0 Å². The number of anilines is 2. The summed E-state index contributed by atoms with van der Waals surface area (Å²) in [5.41, 5.74) is 1.69. The molecule has 162 valence electrons. The highest BCUT2D eigenvalue weighted by atomic mass is 32.1. The second kappa shape index (κ2) is 9.44. The van der Waals surface area contributed by atoms with Crippen molar-refractivity contribution in [3.05, 3.63) is 58.5 Å². The summed E-state index contributed by atoms with van der Waals surface area (Å²) < 4.78 is 18.5. The van der Waals surface area contributed by atoms with Crippen LogP contribution >= 0.6 is 11.3 Å². The molecule has 0 unspecified atom stereocenters. The van der Waals surface area contributed by atoms with E-state index in [4.69, 9.17) is 4.74 Å². The Kier molecular flexibility index (Phi) is 6.47. The number of halogens is 1. The third-order valence-corrected chi connectivity index (χ3v) is 5.97. The van der Waals surface area contributed by atoms with Crippen molar-refractivity contribution in [2.24, 2.45) is 0 Å². The molecule has 31 heavy (non-hydrogen) atoms. The van der Waals surface area contributed by atoms with Crippen molar-refractivity contribution in [2.45, 2.75) is 31.9 Å². The van der Waals surface area contributed by atoms with Crippen LogP contribution in [-0.2, 0) is 16.0 Å². The van der Waals surface area contributed by atoms with Gasteiger partial charge in [-0.3, -0.25) is 4.79 Å². The zero-order chi connectivity index (χ0) is 21.8. The predicted octanol–water partition coefficient (Wildman–Crippen LogP) is 2.97. The molecule has 0 spiro atoms. The number of methoxy groups -OCH3 is 1. The number of aromatic nitrogens is 4. The number of ketones is 1. The predicted molar refractivity (Wildman–Crippen MR) is 116 cm³/mol. The number of rotatable bonds is 8. The number of ether oxygens (including phenoxy) is 1. The van der Waals surface area contributed by atoms with E-state index < -0.39 is 6.10 Å². The molecule has 1 aliphatic heterocycles. The average Bonchev–Trinajstić information content (AvgIpc) is 3.40. The lowest BCUT2D eigenvalue weighted by atomic mass is 10.0. The molecule has 1 aromatic carbocycles. The smallest absolute Gasteiger partial charge is 0.205 e. The van der Waals surface area contributed by atoms with Crippen LogP contribution in [0.25, 0.3) is 0 Å². The molecule has 0 aliphatic carbocycles. The second-order valence-corrected chi connectivity index (χ2v) is 8.54. The van der Waals surface area contributed by atoms with Crippen molar-refractivity contribution >= 4 is 28.1 Å². The molecule has 3 heterocycles. The number of carbonyl (C=O) groups excluding carboxylic acids is 1. The first kappa shape index (κ1) is 21.3. The SMILES string of the molecule is CO[C@@H](C(=O)Cc1nnc(N[C@@H]2CCN(c3cc(C)cnn3)C2)s1)c1ccc(F)cc1. The molecule has 8 nitrogen and oxygen atoms in total. The number of Topliss-reactive ketones (excluding diaryl/α,β-unsaturated/α-hetero) is 1. The van der Waals surface area contributed by atoms with Crippen LogP contribution in [0, 0.1) is 12.7 Å². The summed E-state index contributed by atoms with van der Waals surface area (Å²) in [7, 11) is 1.46. The van der Waals surface area contributed by atoms with Crippen LogP contribution in [0.5, 0.6) is 0 Å². The van der Waals surface area contributed by atoms with Crippen LogP contribution < -0.4 is 10.2 Å². The maximum absolute atomic E-state index is 13.2. The van der Waals surface area contributed by atoms with Gasteiger partial charge in [0, 0.05) is 26.2 Å². The van der Waals surface area contributed by atoms with Crippen molar-refractivity contribution in [1.82, 2.24) is 20.4 Å². The quantitative estimate of drug-likeness (QED) is 0.569. The standard InChI is InChI=1S/C21H23FN6O2S/c1-13-9-18(25-23-11-13)28-8-7-16(12-28)24-21-27-26-19(31-21)10-17(29)20(30-2)14-3-5-15(22)6-4-14/h3-6,9,11,16,20H,7-8,10,12H2,1-2H3,(H,24,27)/t16-,20-/m1/s1. The minimum atomic E-state index is -0.764. The number of aryl methyl sites for hydroxylation is 1. The summed E-state index contributed by atoms with van der Waals surface area (Å²) in [6, 6.07) is 7.98. The first-order valence-electron chi connectivity index (χ1n) is 9.96. The molecule has 2 aromatic heterocycles. The maximum Gasteiger partial charge on any atom is 0.205 e. The van der Waals surface area contributed by atoms with E-state index in [0.717, 1.165) is 30.9 Å². The number of hydrogen-bond acceptors (Lipinski definition) is 9. The minimum Gasteiger partial charge on any atom is -0.369 e. The lowest BCUT2D eigenvalue weighted by Gasteiger charge is -2.17. The van der Waals surface area contributed by atoms with E-state index in [1.165, 1.54) is 30.6 Å². The largest absolute Gasteiger partial charge is 0.369 e. The summed E-state index contributed by atoms with van der Waals surface area (Å²) in [6.45, 7) is 3.67. The Balaban J connectivity index is 1.34. The van der Waals surface area contributed by atoms with Crippen LogP contribution in [0.15, 0.2) is 36.5 Å². The third kappa shape index (κ3) is 5.20. The summed E-state index contributed by atoms with van der Waals surface area (Å²) in [5.74, 6) is 0.368. The molecule has 1 saturated heterocycles. The average molecular weight is 443 g/mol. The van der Waals surface area contributed by atoms with Crippen LogP contribution in [0.2, 0.25) is 0 Å². The zero-order valence-electron chi connectivity index (χ0n) is 17.3. The summed E-state index contributed by atoms with van der Waals surface area (Å²) in [4.78, 5) is 14.9. The van der Waals surface area contributed by atoms with E-state index in [1.807, 2.05) is 13.0 Å². The summed E-state index contributed by atoms with van der Waals surface area (Å²) in [5, 5.41) is 21.2. The summed E-state index contributed by atoms with van der Waals surface area (Å²) in [6.07, 6.45) is 2.02. The highest BCUT2D eigenvalue weighted by Gasteiger charge is 2.26. The van der Waals surface area contributed by atoms with Gasteiger partial charge in [-0.05, 0) is 42.7 Å². The maximum atomic E-state index is 13.2. The van der Waals surface area contributed by atoms with Crippen LogP contribution in [-0.4, -0.2) is 52.4 Å². The van der Waals surface area contributed by atoms with Gasteiger partial charge in [0.25, 0.3) is 0 Å². The number of nitrogens with one attached hydrogen (secondary N) is 1. The lowest BCUT2D eigenvalue weighted by Crippen LogP contribution is -2.26. The van der Waals surface area contributed by atoms with Crippen molar-refractivity contribution < 1.29 is 13.9 Å². The minimum absolute atomic E-state index is 0.102. The molecular formula is C21H23FN6O2S. The zero-order valence-corrected chi connectivity index (χ0v) is 18.1. The summed E-state index contributed by atoms with van der Waals surface area (Å²) >= 11 is 1.36. The van der Waals surface area contributed by atoms with E-state index in [1.54, 1.807) is 18.3 Å². The van der Waals surface area contributed by atoms with E-state index in [2.05, 4.69) is 30.6 Å². The van der Waals surface area contributed by atoms with E-state index in [9.17, 15) is 9.18 Å². The van der Waals surface area contributed by atoms with Crippen molar-refractivity contribution in [2.75, 3.05) is 30.4 Å². The van der Waals surface area contributed by atoms with Gasteiger partial charge in [-0.25, -0.2) is 4.39 Å². The van der Waals surface area contributed by atoms with Crippen molar-refractivity contribution in [1.29, 1.82) is 0 Å². The topological polar surface area (TPSA) is 93.1 Å². The van der Waals surface area contributed by atoms with Crippen LogP contribution in [0.1, 0.15) is 28.7 Å². The third-order valence-electron chi connectivity index (χ3n) is 5.11. The fourth-order valence-corrected chi connectivity index (χ4v) is 4.41. The second-order valence-electron chi connectivity index (χ2n) is 7.48. The molecule has 0 radical (unpaired) electrons. The Morgan fingerprint density at radius 1 is 1.32 bits per heavy atom. The molecule has 2 atom stereocenters. The van der Waals surface area contributed by atoms with E-state index >= 15 is 0 Å². The molecule has 0 saturated carbocycles. The normalized spacial score (nSPS) is 17.0. The van der Waals surface area contributed by atoms with Gasteiger partial charge in [0.2, 0.25) is 5.13 Å². The fraction of sp³-hybridized carbons (Fsp3) is 0.381. The molecule has 10 heteroatoms. The molecule has 0 bridgehead atoms. The molecule has 1 aliphatic rings. The highest BCUT2D eigenvalue weighted by Crippen LogP contribution is 2.25. The molecule has 0 amide bonds. The fourth-order valence-electron chi connectivity index (χ4n) is 3.58. The Hall–Kier alpha value is -2.98. The molecule has 1 N–H and O–H groups in total. The van der Waals surface area contributed by atoms with Gasteiger partial charge >= 0.3 is 0 Å². The molecular weight excluding hydrogens is 419 g/mol. The van der Waals surface area contributed by atoms with Crippen molar-refractivity contribution in [3.63, 3.8) is 0 Å². The van der Waals surface area contributed by atoms with Gasteiger partial charge in [-0.15, -0.1) is 15.3 Å². The first-order chi connectivity index (χ1) is 15.0. The van der Waals surface area contributed by atoms with Crippen LogP contribution in [0.4, 0.5) is 15.3 Å². The Labute approximate surface area is 183 Å². The van der Waals surface area contributed by atoms with Gasteiger partial charge in [0.1, 0.15) is 16.9 Å². The number of hydrogen-bond donors (Lipinski definition) is 1. The highest BCUT2D eigenvalue weighted by molar-refractivity contribution is 7.15. The van der Waals surface area contributed by atoms with Gasteiger partial charge in [-0.2, -0.15) is 5.10 Å². The first-order valence-corrected chi connectivity index (χ1v) is 10.8. The van der Waals surface area contributed by atoms with Gasteiger partial charge < -0.3 is 15.0 Å². The molecule has 3 aromatic rings. The van der Waals surface area contributed by atoms with Gasteiger partial charge in [0.05, 0.1) is 12.6 Å². The lowest BCUT2D eigenvalue weighted by molar-refractivity contribution is -0.128. The molecule has 4 rings (SSSR count). The van der Waals surface area contributed by atoms with Gasteiger partial charge in [0.15, 0.2) is 11.6 Å².